The van der Waals surface area contributed by atoms with Crippen LogP contribution in [0.25, 0.3) is 0 Å². The van der Waals surface area contributed by atoms with E-state index in [-0.39, 0.29) is 12.0 Å². The predicted molar refractivity (Wildman–Crippen MR) is 65.5 cm³/mol. The minimum Gasteiger partial charge on any atom is -0.386 e. The molecule has 5 heteroatoms. The molecule has 19 heavy (non-hydrogen) atoms. The average Bonchev–Trinajstić information content (AvgIpc) is 3.12. The second kappa shape index (κ2) is 4.74. The van der Waals surface area contributed by atoms with E-state index in [0.29, 0.717) is 11.7 Å². The molecule has 1 aliphatic carbocycles. The molecule has 0 saturated heterocycles. The fourth-order valence-corrected chi connectivity index (χ4v) is 2.25. The highest BCUT2D eigenvalue weighted by atomic mass is 19.2. The summed E-state index contributed by atoms with van der Waals surface area (Å²) in [7, 11) is 0. The maximum absolute atomic E-state index is 13.6. The molecule has 1 aromatic heterocycles. The van der Waals surface area contributed by atoms with Crippen molar-refractivity contribution in [3.05, 3.63) is 53.6 Å². The molecule has 0 bridgehead atoms. The average molecular weight is 264 g/mol. The summed E-state index contributed by atoms with van der Waals surface area (Å²) in [5, 5.41) is 10.2. The Morgan fingerprint density at radius 2 is 2.16 bits per heavy atom. The smallest absolute Gasteiger partial charge is 0.162 e. The molecule has 1 fully saturated rings. The zero-order valence-electron chi connectivity index (χ0n) is 10.3. The van der Waals surface area contributed by atoms with E-state index in [2.05, 4.69) is 4.98 Å². The zero-order chi connectivity index (χ0) is 13.4. The van der Waals surface area contributed by atoms with Crippen molar-refractivity contribution in [3.8, 4) is 0 Å². The summed E-state index contributed by atoms with van der Waals surface area (Å²) in [5.41, 5.74) is 0.835. The van der Waals surface area contributed by atoms with Crippen molar-refractivity contribution >= 4 is 0 Å². The van der Waals surface area contributed by atoms with Crippen molar-refractivity contribution in [2.24, 2.45) is 0 Å². The van der Waals surface area contributed by atoms with E-state index >= 15 is 0 Å². The highest BCUT2D eigenvalue weighted by Gasteiger charge is 2.27. The molecular formula is C14H14F2N2O. The molecule has 3 rings (SSSR count). The number of halogens is 2. The molecule has 1 atom stereocenters. The first kappa shape index (κ1) is 12.3. The lowest BCUT2D eigenvalue weighted by atomic mass is 10.1. The fraction of sp³-hybridized carbons (Fsp3) is 0.357. The van der Waals surface area contributed by atoms with Gasteiger partial charge in [0.1, 0.15) is 0 Å². The molecule has 0 spiro atoms. The van der Waals surface area contributed by atoms with Crippen molar-refractivity contribution in [2.75, 3.05) is 0 Å². The lowest BCUT2D eigenvalue weighted by molar-refractivity contribution is 0.167. The summed E-state index contributed by atoms with van der Waals surface area (Å²) in [6, 6.07) is 4.39. The molecule has 1 saturated carbocycles. The summed E-state index contributed by atoms with van der Waals surface area (Å²) >= 11 is 0. The number of hydrogen-bond acceptors (Lipinski definition) is 2. The highest BCUT2D eigenvalue weighted by Crippen LogP contribution is 2.37. The van der Waals surface area contributed by atoms with Gasteiger partial charge in [0, 0.05) is 12.5 Å². The number of rotatable bonds is 4. The summed E-state index contributed by atoms with van der Waals surface area (Å²) < 4.78 is 28.6. The molecular weight excluding hydrogens is 250 g/mol. The van der Waals surface area contributed by atoms with Crippen LogP contribution in [0.4, 0.5) is 8.78 Å². The Bertz CT molecular complexity index is 593. The van der Waals surface area contributed by atoms with Gasteiger partial charge in [-0.3, -0.25) is 0 Å². The molecule has 100 valence electrons. The van der Waals surface area contributed by atoms with Crippen LogP contribution in [0.1, 0.15) is 36.2 Å². The maximum Gasteiger partial charge on any atom is 0.162 e. The first-order valence-corrected chi connectivity index (χ1v) is 6.29. The Balaban J connectivity index is 1.82. The normalized spacial score (nSPS) is 16.6. The van der Waals surface area contributed by atoms with Crippen molar-refractivity contribution < 1.29 is 13.9 Å². The highest BCUT2D eigenvalue weighted by molar-refractivity contribution is 5.21. The molecule has 1 aromatic carbocycles. The van der Waals surface area contributed by atoms with E-state index in [4.69, 9.17) is 0 Å². The number of aliphatic hydroxyl groups excluding tert-OH is 1. The third-order valence-electron chi connectivity index (χ3n) is 3.42. The largest absolute Gasteiger partial charge is 0.386 e. The number of hydrogen-bond donors (Lipinski definition) is 1. The zero-order valence-corrected chi connectivity index (χ0v) is 10.3. The van der Waals surface area contributed by atoms with Crippen LogP contribution >= 0.6 is 0 Å². The third kappa shape index (κ3) is 2.38. The molecule has 1 heterocycles. The van der Waals surface area contributed by atoms with Gasteiger partial charge in [-0.1, -0.05) is 12.1 Å². The Kier molecular flexibility index (Phi) is 3.06. The Morgan fingerprint density at radius 3 is 2.89 bits per heavy atom. The van der Waals surface area contributed by atoms with Gasteiger partial charge in [0.2, 0.25) is 0 Å². The monoisotopic (exact) mass is 264 g/mol. The van der Waals surface area contributed by atoms with E-state index < -0.39 is 17.7 Å². The summed E-state index contributed by atoms with van der Waals surface area (Å²) in [5.74, 6) is -1.78. The second-order valence-electron chi connectivity index (χ2n) is 4.89. The van der Waals surface area contributed by atoms with Crippen LogP contribution < -0.4 is 0 Å². The lowest BCUT2D eigenvalue weighted by Crippen LogP contribution is -2.09. The van der Waals surface area contributed by atoms with Crippen molar-refractivity contribution in [2.45, 2.75) is 31.4 Å². The second-order valence-corrected chi connectivity index (χ2v) is 4.89. The first-order valence-electron chi connectivity index (χ1n) is 6.29. The lowest BCUT2D eigenvalue weighted by Gasteiger charge is -2.14. The Hall–Kier alpha value is -1.75. The number of aliphatic hydroxyl groups is 1. The standard InChI is InChI=1S/C14H14F2N2O/c15-11-3-1-2-9(14(11)16)6-13(19)12-7-17-8-18(12)10-4-5-10/h1-3,7-8,10,13,19H,4-6H2. The minimum atomic E-state index is -0.890. The molecule has 0 amide bonds. The molecule has 0 radical (unpaired) electrons. The fourth-order valence-electron chi connectivity index (χ4n) is 2.25. The van der Waals surface area contributed by atoms with Gasteiger partial charge in [-0.05, 0) is 24.5 Å². The predicted octanol–water partition coefficient (Wildman–Crippen LogP) is 2.77. The van der Waals surface area contributed by atoms with Crippen LogP contribution in [0, 0.1) is 11.6 Å². The quantitative estimate of drug-likeness (QED) is 0.922. The Labute approximate surface area is 109 Å². The number of imidazole rings is 1. The van der Waals surface area contributed by atoms with Crippen molar-refractivity contribution in [1.29, 1.82) is 0 Å². The molecule has 1 unspecified atom stereocenters. The number of benzene rings is 1. The van der Waals surface area contributed by atoms with E-state index in [9.17, 15) is 13.9 Å². The number of aromatic nitrogens is 2. The molecule has 1 N–H and O–H groups in total. The van der Waals surface area contributed by atoms with Gasteiger partial charge in [-0.25, -0.2) is 13.8 Å². The van der Waals surface area contributed by atoms with Gasteiger partial charge in [-0.15, -0.1) is 0 Å². The van der Waals surface area contributed by atoms with Gasteiger partial charge in [-0.2, -0.15) is 0 Å². The van der Waals surface area contributed by atoms with E-state index in [0.717, 1.165) is 18.9 Å². The van der Waals surface area contributed by atoms with Gasteiger partial charge in [0.25, 0.3) is 0 Å². The molecule has 1 aliphatic rings. The van der Waals surface area contributed by atoms with Gasteiger partial charge in [0.15, 0.2) is 11.6 Å². The van der Waals surface area contributed by atoms with Crippen molar-refractivity contribution in [1.82, 2.24) is 9.55 Å². The molecule has 0 aliphatic heterocycles. The third-order valence-corrected chi connectivity index (χ3v) is 3.42. The van der Waals surface area contributed by atoms with E-state index in [1.165, 1.54) is 12.1 Å². The summed E-state index contributed by atoms with van der Waals surface area (Å²) in [6.07, 6.45) is 4.58. The SMILES string of the molecule is OC(Cc1cccc(F)c1F)c1cncn1C1CC1. The maximum atomic E-state index is 13.6. The summed E-state index contributed by atoms with van der Waals surface area (Å²) in [4.78, 5) is 4.02. The Morgan fingerprint density at radius 1 is 1.37 bits per heavy atom. The van der Waals surface area contributed by atoms with Crippen LogP contribution in [0.2, 0.25) is 0 Å². The molecule has 2 aromatic rings. The van der Waals surface area contributed by atoms with Crippen LogP contribution in [-0.4, -0.2) is 14.7 Å². The van der Waals surface area contributed by atoms with Crippen LogP contribution in [-0.2, 0) is 6.42 Å². The van der Waals surface area contributed by atoms with Crippen LogP contribution in [0.3, 0.4) is 0 Å². The minimum absolute atomic E-state index is 0.0437. The summed E-state index contributed by atoms with van der Waals surface area (Å²) in [6.45, 7) is 0. The van der Waals surface area contributed by atoms with Gasteiger partial charge < -0.3 is 9.67 Å². The van der Waals surface area contributed by atoms with Gasteiger partial charge >= 0.3 is 0 Å². The first-order chi connectivity index (χ1) is 9.16. The van der Waals surface area contributed by atoms with Crippen molar-refractivity contribution in [3.63, 3.8) is 0 Å². The van der Waals surface area contributed by atoms with E-state index in [1.807, 2.05) is 4.57 Å². The molecule has 3 nitrogen and oxygen atoms in total. The van der Waals surface area contributed by atoms with Gasteiger partial charge in [0.05, 0.1) is 24.3 Å². The topological polar surface area (TPSA) is 38.1 Å². The van der Waals surface area contributed by atoms with Crippen LogP contribution in [0.15, 0.2) is 30.7 Å². The van der Waals surface area contributed by atoms with Crippen LogP contribution in [0.5, 0.6) is 0 Å². The number of nitrogens with zero attached hydrogens (tertiary/aromatic N) is 2. The van der Waals surface area contributed by atoms with E-state index in [1.54, 1.807) is 12.5 Å².